The second kappa shape index (κ2) is 6.66. The van der Waals surface area contributed by atoms with Crippen LogP contribution >= 0.6 is 0 Å². The number of aryl methyl sites for hydroxylation is 1. The monoisotopic (exact) mass is 320 g/mol. The average Bonchev–Trinajstić information content (AvgIpc) is 3.04. The first-order valence-corrected chi connectivity index (χ1v) is 8.31. The topological polar surface area (TPSA) is 92.2 Å². The van der Waals surface area contributed by atoms with Gasteiger partial charge in [-0.1, -0.05) is 24.5 Å². The van der Waals surface area contributed by atoms with E-state index >= 15 is 0 Å². The highest BCUT2D eigenvalue weighted by molar-refractivity contribution is 6.07. The maximum absolute atomic E-state index is 12.6. The number of hydrogen-bond acceptors (Lipinski definition) is 5. The van der Waals surface area contributed by atoms with Crippen LogP contribution in [0.2, 0.25) is 0 Å². The zero-order valence-corrected chi connectivity index (χ0v) is 13.5. The quantitative estimate of drug-likeness (QED) is 0.590. The molecular weight excluding hydrogens is 296 g/mol. The summed E-state index contributed by atoms with van der Waals surface area (Å²) in [6.45, 7) is 1.82. The van der Waals surface area contributed by atoms with Gasteiger partial charge in [-0.25, -0.2) is 4.79 Å². The van der Waals surface area contributed by atoms with Crippen molar-refractivity contribution in [1.29, 1.82) is 0 Å². The van der Waals surface area contributed by atoms with Crippen LogP contribution in [0.3, 0.4) is 0 Å². The molecule has 126 valence electrons. The fraction of sp³-hybridized carbons (Fsp3) is 0.733. The van der Waals surface area contributed by atoms with E-state index in [1.165, 1.54) is 4.90 Å². The Labute approximate surface area is 135 Å². The smallest absolute Gasteiger partial charge is 0.323 e. The van der Waals surface area contributed by atoms with Crippen LogP contribution in [0.15, 0.2) is 6.20 Å². The van der Waals surface area contributed by atoms with Crippen LogP contribution in [0.4, 0.5) is 4.79 Å². The molecule has 1 aliphatic heterocycles. The molecule has 3 amide bonds. The molecule has 2 aliphatic rings. The van der Waals surface area contributed by atoms with Crippen LogP contribution in [0, 0.1) is 0 Å². The van der Waals surface area contributed by atoms with Crippen molar-refractivity contribution in [2.45, 2.75) is 50.6 Å². The van der Waals surface area contributed by atoms with Gasteiger partial charge < -0.3 is 10.6 Å². The normalized spacial score (nSPS) is 20.3. The van der Waals surface area contributed by atoms with Gasteiger partial charge in [-0.15, -0.1) is 5.10 Å². The number of amides is 3. The summed E-state index contributed by atoms with van der Waals surface area (Å²) < 4.78 is 1.66. The van der Waals surface area contributed by atoms with E-state index in [-0.39, 0.29) is 11.9 Å². The molecule has 0 unspecified atom stereocenters. The number of rotatable bonds is 6. The minimum absolute atomic E-state index is 0.0314. The number of hydrogen-bond donors (Lipinski definition) is 2. The maximum Gasteiger partial charge on any atom is 0.325 e. The zero-order chi connectivity index (χ0) is 16.3. The van der Waals surface area contributed by atoms with Crippen molar-refractivity contribution >= 4 is 11.9 Å². The fourth-order valence-electron chi connectivity index (χ4n) is 3.43. The number of nitrogens with zero attached hydrogens (tertiary/aromatic N) is 4. The second-order valence-corrected chi connectivity index (χ2v) is 6.44. The minimum atomic E-state index is -0.609. The lowest BCUT2D eigenvalue weighted by Gasteiger charge is -2.30. The lowest BCUT2D eigenvalue weighted by Crippen LogP contribution is -2.48. The summed E-state index contributed by atoms with van der Waals surface area (Å²) in [7, 11) is 1.83. The van der Waals surface area contributed by atoms with Crippen molar-refractivity contribution in [2.75, 3.05) is 13.1 Å². The molecule has 2 heterocycles. The van der Waals surface area contributed by atoms with Crippen LogP contribution < -0.4 is 10.6 Å². The van der Waals surface area contributed by atoms with Gasteiger partial charge in [0.25, 0.3) is 5.91 Å². The van der Waals surface area contributed by atoms with Crippen molar-refractivity contribution in [1.82, 2.24) is 30.5 Å². The van der Waals surface area contributed by atoms with Gasteiger partial charge in [-0.2, -0.15) is 0 Å². The number of carbonyl (C=O) groups excluding carboxylic acids is 2. The van der Waals surface area contributed by atoms with Crippen molar-refractivity contribution < 1.29 is 9.59 Å². The third-order valence-electron chi connectivity index (χ3n) is 4.64. The Morgan fingerprint density at radius 3 is 2.78 bits per heavy atom. The molecule has 1 aliphatic carbocycles. The first-order chi connectivity index (χ1) is 11.1. The summed E-state index contributed by atoms with van der Waals surface area (Å²) >= 11 is 0. The first kappa shape index (κ1) is 15.9. The summed E-state index contributed by atoms with van der Waals surface area (Å²) in [4.78, 5) is 26.1. The number of aromatic nitrogens is 3. The van der Waals surface area contributed by atoms with Gasteiger partial charge >= 0.3 is 6.03 Å². The molecule has 8 nitrogen and oxygen atoms in total. The molecule has 1 aromatic rings. The molecule has 1 saturated carbocycles. The minimum Gasteiger partial charge on any atom is -0.323 e. The van der Waals surface area contributed by atoms with Gasteiger partial charge in [0.2, 0.25) is 0 Å². The standard InChI is InChI=1S/C15H24N6O2/c1-20-11-12(18-19-20)10-16-8-5-9-21-13(22)15(17-14(21)23)6-3-2-4-7-15/h11,16H,2-10H2,1H3,(H,17,23). The van der Waals surface area contributed by atoms with Crippen LogP contribution in [-0.2, 0) is 18.4 Å². The lowest BCUT2D eigenvalue weighted by atomic mass is 9.82. The number of nitrogens with one attached hydrogen (secondary N) is 2. The van der Waals surface area contributed by atoms with E-state index in [0.717, 1.165) is 50.8 Å². The Balaban J connectivity index is 1.43. The highest BCUT2D eigenvalue weighted by Gasteiger charge is 2.50. The predicted molar refractivity (Wildman–Crippen MR) is 83.4 cm³/mol. The third kappa shape index (κ3) is 3.36. The van der Waals surface area contributed by atoms with Gasteiger partial charge in [-0.05, 0) is 25.8 Å². The van der Waals surface area contributed by atoms with Crippen LogP contribution in [0.25, 0.3) is 0 Å². The van der Waals surface area contributed by atoms with E-state index in [0.29, 0.717) is 13.1 Å². The van der Waals surface area contributed by atoms with Crippen molar-refractivity contribution in [3.05, 3.63) is 11.9 Å². The van der Waals surface area contributed by atoms with Gasteiger partial charge in [0.15, 0.2) is 0 Å². The maximum atomic E-state index is 12.6. The predicted octanol–water partition coefficient (Wildman–Crippen LogP) is 0.550. The summed E-state index contributed by atoms with van der Waals surface area (Å²) in [5, 5.41) is 14.1. The van der Waals surface area contributed by atoms with Crippen molar-refractivity contribution in [3.63, 3.8) is 0 Å². The van der Waals surface area contributed by atoms with Crippen LogP contribution in [0.1, 0.15) is 44.2 Å². The molecule has 2 fully saturated rings. The number of carbonyl (C=O) groups is 2. The largest absolute Gasteiger partial charge is 0.325 e. The molecule has 2 N–H and O–H groups in total. The number of urea groups is 1. The SMILES string of the molecule is Cn1cc(CNCCCN2C(=O)NC3(CCCCC3)C2=O)nn1. The van der Waals surface area contributed by atoms with E-state index in [9.17, 15) is 9.59 Å². The van der Waals surface area contributed by atoms with Crippen molar-refractivity contribution in [2.24, 2.45) is 7.05 Å². The molecule has 23 heavy (non-hydrogen) atoms. The van der Waals surface area contributed by atoms with E-state index < -0.39 is 5.54 Å². The molecule has 0 aromatic carbocycles. The van der Waals surface area contributed by atoms with Crippen LogP contribution in [0.5, 0.6) is 0 Å². The van der Waals surface area contributed by atoms with E-state index in [2.05, 4.69) is 20.9 Å². The number of imide groups is 1. The van der Waals surface area contributed by atoms with Gasteiger partial charge in [-0.3, -0.25) is 14.4 Å². The molecule has 1 aromatic heterocycles. The Hall–Kier alpha value is -1.96. The second-order valence-electron chi connectivity index (χ2n) is 6.44. The summed E-state index contributed by atoms with van der Waals surface area (Å²) in [6.07, 6.45) is 7.32. The summed E-state index contributed by atoms with van der Waals surface area (Å²) in [5.74, 6) is -0.0314. The first-order valence-electron chi connectivity index (χ1n) is 8.31. The van der Waals surface area contributed by atoms with E-state index in [1.807, 2.05) is 13.2 Å². The molecular formula is C15H24N6O2. The molecule has 1 saturated heterocycles. The van der Waals surface area contributed by atoms with Crippen LogP contribution in [-0.4, -0.2) is 50.5 Å². The Morgan fingerprint density at radius 2 is 2.09 bits per heavy atom. The summed E-state index contributed by atoms with van der Waals surface area (Å²) in [6, 6.07) is -0.231. The highest BCUT2D eigenvalue weighted by atomic mass is 16.2. The van der Waals surface area contributed by atoms with E-state index in [1.54, 1.807) is 4.68 Å². The molecule has 1 spiro atoms. The molecule has 0 atom stereocenters. The molecule has 3 rings (SSSR count). The molecule has 8 heteroatoms. The third-order valence-corrected chi connectivity index (χ3v) is 4.64. The Bertz CT molecular complexity index is 578. The van der Waals surface area contributed by atoms with Gasteiger partial charge in [0.05, 0.1) is 5.69 Å². The van der Waals surface area contributed by atoms with Crippen molar-refractivity contribution in [3.8, 4) is 0 Å². The van der Waals surface area contributed by atoms with E-state index in [4.69, 9.17) is 0 Å². The fourth-order valence-corrected chi connectivity index (χ4v) is 3.43. The highest BCUT2D eigenvalue weighted by Crippen LogP contribution is 2.33. The van der Waals surface area contributed by atoms with Gasteiger partial charge in [0.1, 0.15) is 5.54 Å². The summed E-state index contributed by atoms with van der Waals surface area (Å²) in [5.41, 5.74) is 0.270. The average molecular weight is 320 g/mol. The molecule has 0 bridgehead atoms. The zero-order valence-electron chi connectivity index (χ0n) is 13.5. The Kier molecular flexibility index (Phi) is 4.61. The lowest BCUT2D eigenvalue weighted by molar-refractivity contribution is -0.132. The van der Waals surface area contributed by atoms with Gasteiger partial charge in [0, 0.05) is 26.3 Å². The Morgan fingerprint density at radius 1 is 1.30 bits per heavy atom. The molecule has 0 radical (unpaired) electrons.